The smallest absolute Gasteiger partial charge is 0.189 e. The second-order valence-electron chi connectivity index (χ2n) is 2.81. The number of hydrogen-bond acceptors (Lipinski definition) is 3. The van der Waals surface area contributed by atoms with Gasteiger partial charge in [-0.1, -0.05) is 6.08 Å². The first-order valence-electron chi connectivity index (χ1n) is 3.34. The second kappa shape index (κ2) is 1.68. The molecule has 0 amide bonds. The Morgan fingerprint density at radius 3 is 3.10 bits per heavy atom. The molecule has 3 unspecified atom stereocenters. The molecule has 1 saturated heterocycles. The number of carbonyl (C=O) groups is 1. The average molecular weight is 139 g/mol. The number of epoxide rings is 1. The van der Waals surface area contributed by atoms with Crippen molar-refractivity contribution in [3.05, 3.63) is 11.6 Å². The Labute approximate surface area is 58.8 Å². The van der Waals surface area contributed by atoms with E-state index in [9.17, 15) is 4.79 Å². The fourth-order valence-corrected chi connectivity index (χ4v) is 1.32. The fraction of sp³-hybridized carbons (Fsp3) is 0.571. The Balaban J connectivity index is 2.30. The van der Waals surface area contributed by atoms with Gasteiger partial charge in [0.05, 0.1) is 6.04 Å². The van der Waals surface area contributed by atoms with E-state index in [-0.39, 0.29) is 24.0 Å². The van der Waals surface area contributed by atoms with E-state index in [2.05, 4.69) is 0 Å². The van der Waals surface area contributed by atoms with Crippen LogP contribution in [0.3, 0.4) is 0 Å². The van der Waals surface area contributed by atoms with Crippen molar-refractivity contribution < 1.29 is 9.53 Å². The van der Waals surface area contributed by atoms with Crippen molar-refractivity contribution in [1.29, 1.82) is 0 Å². The highest BCUT2D eigenvalue weighted by molar-refractivity contribution is 6.01. The van der Waals surface area contributed by atoms with Gasteiger partial charge in [0.1, 0.15) is 12.2 Å². The number of rotatable bonds is 0. The van der Waals surface area contributed by atoms with Gasteiger partial charge in [0.2, 0.25) is 0 Å². The molecule has 0 aromatic heterocycles. The predicted octanol–water partition coefficient (Wildman–Crippen LogP) is -0.390. The van der Waals surface area contributed by atoms with Crippen LogP contribution in [0.1, 0.15) is 6.92 Å². The lowest BCUT2D eigenvalue weighted by molar-refractivity contribution is -0.116. The minimum Gasteiger partial charge on any atom is -0.359 e. The highest BCUT2D eigenvalue weighted by Crippen LogP contribution is 2.32. The van der Waals surface area contributed by atoms with Crippen LogP contribution in [0, 0.1) is 0 Å². The number of fused-ring (bicyclic) bond motifs is 1. The number of hydrogen-bond donors (Lipinski definition) is 1. The van der Waals surface area contributed by atoms with E-state index in [0.29, 0.717) is 0 Å². The van der Waals surface area contributed by atoms with Gasteiger partial charge in [0.15, 0.2) is 5.78 Å². The average Bonchev–Trinajstić information content (AvgIpc) is 2.61. The molecule has 54 valence electrons. The third-order valence-corrected chi connectivity index (χ3v) is 1.99. The maximum absolute atomic E-state index is 11.1. The molecule has 0 bridgehead atoms. The van der Waals surface area contributed by atoms with Crippen molar-refractivity contribution in [3.63, 3.8) is 0 Å². The van der Waals surface area contributed by atoms with Gasteiger partial charge in [0.25, 0.3) is 0 Å². The summed E-state index contributed by atoms with van der Waals surface area (Å²) in [6.07, 6.45) is 1.55. The third kappa shape index (κ3) is 0.646. The molecule has 0 aromatic rings. The normalized spacial score (nSPS) is 44.4. The summed E-state index contributed by atoms with van der Waals surface area (Å²) >= 11 is 0. The molecular weight excluding hydrogens is 130 g/mol. The first-order chi connectivity index (χ1) is 4.70. The number of ketones is 1. The van der Waals surface area contributed by atoms with E-state index in [1.165, 1.54) is 0 Å². The molecule has 1 aliphatic carbocycles. The molecule has 3 heteroatoms. The highest BCUT2D eigenvalue weighted by atomic mass is 16.6. The Morgan fingerprint density at radius 1 is 1.70 bits per heavy atom. The highest BCUT2D eigenvalue weighted by Gasteiger charge is 2.50. The van der Waals surface area contributed by atoms with E-state index in [0.717, 1.165) is 5.57 Å². The SMILES string of the molecule is CC1=CC(N)C2OC2C1=O. The Bertz CT molecular complexity index is 222. The van der Waals surface area contributed by atoms with E-state index in [1.807, 2.05) is 0 Å². The van der Waals surface area contributed by atoms with Crippen molar-refractivity contribution in [3.8, 4) is 0 Å². The predicted molar refractivity (Wildman–Crippen MR) is 35.4 cm³/mol. The molecule has 10 heavy (non-hydrogen) atoms. The molecule has 3 nitrogen and oxygen atoms in total. The van der Waals surface area contributed by atoms with Gasteiger partial charge in [0, 0.05) is 0 Å². The molecule has 0 spiro atoms. The Kier molecular flexibility index (Phi) is 1.02. The van der Waals surface area contributed by atoms with Gasteiger partial charge < -0.3 is 10.5 Å². The summed E-state index contributed by atoms with van der Waals surface area (Å²) in [6.45, 7) is 1.78. The van der Waals surface area contributed by atoms with Crippen LogP contribution in [0.5, 0.6) is 0 Å². The lowest BCUT2D eigenvalue weighted by Crippen LogP contribution is -2.32. The molecule has 0 aromatic carbocycles. The number of ether oxygens (including phenoxy) is 1. The molecular formula is C7H9NO2. The van der Waals surface area contributed by atoms with Gasteiger partial charge in [-0.05, 0) is 12.5 Å². The van der Waals surface area contributed by atoms with Crippen LogP contribution >= 0.6 is 0 Å². The van der Waals surface area contributed by atoms with Crippen LogP contribution in [0.25, 0.3) is 0 Å². The molecule has 2 aliphatic rings. The minimum absolute atomic E-state index is 0.0174. The molecule has 1 heterocycles. The molecule has 0 radical (unpaired) electrons. The zero-order chi connectivity index (χ0) is 7.30. The Morgan fingerprint density at radius 2 is 2.40 bits per heavy atom. The van der Waals surface area contributed by atoms with Crippen LogP contribution in [0.4, 0.5) is 0 Å². The maximum Gasteiger partial charge on any atom is 0.189 e. The summed E-state index contributed by atoms with van der Waals surface area (Å²) in [7, 11) is 0. The topological polar surface area (TPSA) is 55.6 Å². The molecule has 0 saturated carbocycles. The quantitative estimate of drug-likeness (QED) is 0.465. The van der Waals surface area contributed by atoms with Crippen molar-refractivity contribution in [2.75, 3.05) is 0 Å². The van der Waals surface area contributed by atoms with Crippen molar-refractivity contribution in [2.24, 2.45) is 5.73 Å². The lowest BCUT2D eigenvalue weighted by Gasteiger charge is -2.08. The van der Waals surface area contributed by atoms with Crippen molar-refractivity contribution in [2.45, 2.75) is 25.2 Å². The van der Waals surface area contributed by atoms with Gasteiger partial charge in [-0.15, -0.1) is 0 Å². The fourth-order valence-electron chi connectivity index (χ4n) is 1.32. The van der Waals surface area contributed by atoms with Gasteiger partial charge in [-0.3, -0.25) is 4.79 Å². The second-order valence-corrected chi connectivity index (χ2v) is 2.81. The van der Waals surface area contributed by atoms with E-state index in [4.69, 9.17) is 10.5 Å². The van der Waals surface area contributed by atoms with E-state index >= 15 is 0 Å². The first kappa shape index (κ1) is 6.07. The van der Waals surface area contributed by atoms with Crippen molar-refractivity contribution in [1.82, 2.24) is 0 Å². The van der Waals surface area contributed by atoms with Crippen LogP contribution in [0.15, 0.2) is 11.6 Å². The number of Topliss-reactive ketones (excluding diaryl/α,β-unsaturated/α-hetero) is 1. The summed E-state index contributed by atoms with van der Waals surface area (Å²) in [5.74, 6) is 0.103. The summed E-state index contributed by atoms with van der Waals surface area (Å²) < 4.78 is 5.05. The monoisotopic (exact) mass is 139 g/mol. The summed E-state index contributed by atoms with van der Waals surface area (Å²) in [5.41, 5.74) is 6.36. The maximum atomic E-state index is 11.1. The van der Waals surface area contributed by atoms with Crippen LogP contribution in [-0.2, 0) is 9.53 Å². The van der Waals surface area contributed by atoms with Crippen LogP contribution < -0.4 is 5.73 Å². The lowest BCUT2D eigenvalue weighted by atomic mass is 9.96. The largest absolute Gasteiger partial charge is 0.359 e. The standard InChI is InChI=1S/C7H9NO2/c1-3-2-4(8)6-7(10-6)5(3)9/h2,4,6-7H,8H2,1H3. The molecule has 3 atom stereocenters. The van der Waals surface area contributed by atoms with E-state index < -0.39 is 0 Å². The van der Waals surface area contributed by atoms with E-state index in [1.54, 1.807) is 13.0 Å². The van der Waals surface area contributed by atoms with Gasteiger partial charge in [-0.2, -0.15) is 0 Å². The van der Waals surface area contributed by atoms with Crippen LogP contribution in [-0.4, -0.2) is 24.0 Å². The number of carbonyl (C=O) groups excluding carboxylic acids is 1. The summed E-state index contributed by atoms with van der Waals surface area (Å²) in [4.78, 5) is 11.1. The van der Waals surface area contributed by atoms with Gasteiger partial charge >= 0.3 is 0 Å². The molecule has 2 rings (SSSR count). The minimum atomic E-state index is -0.208. The summed E-state index contributed by atoms with van der Waals surface area (Å²) in [5, 5.41) is 0. The number of nitrogens with two attached hydrogens (primary N) is 1. The zero-order valence-electron chi connectivity index (χ0n) is 5.70. The first-order valence-corrected chi connectivity index (χ1v) is 3.34. The van der Waals surface area contributed by atoms with Crippen molar-refractivity contribution >= 4 is 5.78 Å². The zero-order valence-corrected chi connectivity index (χ0v) is 5.70. The Hall–Kier alpha value is -0.670. The van der Waals surface area contributed by atoms with Crippen LogP contribution in [0.2, 0.25) is 0 Å². The molecule has 1 fully saturated rings. The third-order valence-electron chi connectivity index (χ3n) is 1.99. The molecule has 2 N–H and O–H groups in total. The molecule has 1 aliphatic heterocycles. The van der Waals surface area contributed by atoms with Gasteiger partial charge in [-0.25, -0.2) is 0 Å². The summed E-state index contributed by atoms with van der Waals surface area (Å²) in [6, 6.07) is -0.0669.